The van der Waals surface area contributed by atoms with Gasteiger partial charge in [0.2, 0.25) is 5.91 Å². The first-order valence-electron chi connectivity index (χ1n) is 10.9. The van der Waals surface area contributed by atoms with Crippen LogP contribution in [-0.2, 0) is 17.9 Å². The molecule has 1 heterocycles. The number of benzene rings is 3. The minimum Gasteiger partial charge on any atom is -0.497 e. The van der Waals surface area contributed by atoms with Gasteiger partial charge in [0, 0.05) is 18.0 Å². The number of hydrogen-bond acceptors (Lipinski definition) is 7. The summed E-state index contributed by atoms with van der Waals surface area (Å²) < 4.78 is 18.5. The van der Waals surface area contributed by atoms with E-state index < -0.39 is 0 Å². The first-order valence-corrected chi connectivity index (χ1v) is 11.9. The molecule has 0 fully saturated rings. The zero-order valence-corrected chi connectivity index (χ0v) is 20.4. The van der Waals surface area contributed by atoms with Crippen molar-refractivity contribution in [3.63, 3.8) is 0 Å². The number of amides is 1. The van der Waals surface area contributed by atoms with Gasteiger partial charge in [0.15, 0.2) is 11.0 Å². The number of methoxy groups -OCH3 is 2. The predicted octanol–water partition coefficient (Wildman–Crippen LogP) is 4.94. The molecule has 1 N–H and O–H groups in total. The number of thioether (sulfide) groups is 1. The van der Waals surface area contributed by atoms with Crippen molar-refractivity contribution in [1.29, 1.82) is 0 Å². The van der Waals surface area contributed by atoms with E-state index in [1.165, 1.54) is 11.8 Å². The fourth-order valence-corrected chi connectivity index (χ4v) is 4.29. The van der Waals surface area contributed by atoms with Gasteiger partial charge in [-0.15, -0.1) is 16.8 Å². The van der Waals surface area contributed by atoms with Gasteiger partial charge in [-0.05, 0) is 23.6 Å². The summed E-state index contributed by atoms with van der Waals surface area (Å²) in [7, 11) is 3.11. The van der Waals surface area contributed by atoms with Crippen LogP contribution in [0.2, 0.25) is 0 Å². The van der Waals surface area contributed by atoms with Gasteiger partial charge in [0.25, 0.3) is 0 Å². The SMILES string of the molecule is C=CCn1c(COc2cccc3ccccc23)nnc1SCC(=O)Nc1ccc(OC)cc1OC. The van der Waals surface area contributed by atoms with E-state index in [4.69, 9.17) is 14.2 Å². The molecule has 0 unspecified atom stereocenters. The topological polar surface area (TPSA) is 87.5 Å². The summed E-state index contributed by atoms with van der Waals surface area (Å²) >= 11 is 1.29. The summed E-state index contributed by atoms with van der Waals surface area (Å²) in [5.41, 5.74) is 0.565. The number of ether oxygens (including phenoxy) is 3. The van der Waals surface area contributed by atoms with Crippen LogP contribution in [0.3, 0.4) is 0 Å². The Morgan fingerprint density at radius 3 is 2.69 bits per heavy atom. The largest absolute Gasteiger partial charge is 0.497 e. The zero-order chi connectivity index (χ0) is 24.6. The number of nitrogens with zero attached hydrogens (tertiary/aromatic N) is 3. The lowest BCUT2D eigenvalue weighted by molar-refractivity contribution is -0.113. The fraction of sp³-hybridized carbons (Fsp3) is 0.192. The maximum atomic E-state index is 12.6. The van der Waals surface area contributed by atoms with E-state index in [9.17, 15) is 4.79 Å². The van der Waals surface area contributed by atoms with Gasteiger partial charge in [-0.3, -0.25) is 9.36 Å². The van der Waals surface area contributed by atoms with Crippen LogP contribution < -0.4 is 19.5 Å². The molecule has 0 radical (unpaired) electrons. The van der Waals surface area contributed by atoms with E-state index in [1.54, 1.807) is 38.5 Å². The van der Waals surface area contributed by atoms with Crippen LogP contribution in [0.25, 0.3) is 10.8 Å². The second-order valence-electron chi connectivity index (χ2n) is 7.47. The van der Waals surface area contributed by atoms with Gasteiger partial charge in [-0.2, -0.15) is 0 Å². The van der Waals surface area contributed by atoms with Gasteiger partial charge in [-0.25, -0.2) is 0 Å². The molecule has 0 aliphatic rings. The number of anilines is 1. The number of carbonyl (C=O) groups is 1. The van der Waals surface area contributed by atoms with Crippen molar-refractivity contribution in [2.45, 2.75) is 18.3 Å². The Balaban J connectivity index is 1.42. The molecular weight excluding hydrogens is 464 g/mol. The third-order valence-corrected chi connectivity index (χ3v) is 6.19. The molecule has 0 spiro atoms. The monoisotopic (exact) mass is 490 g/mol. The highest BCUT2D eigenvalue weighted by molar-refractivity contribution is 7.99. The van der Waals surface area contributed by atoms with E-state index >= 15 is 0 Å². The molecule has 3 aromatic carbocycles. The smallest absolute Gasteiger partial charge is 0.234 e. The number of nitrogens with one attached hydrogen (secondary N) is 1. The molecule has 0 saturated carbocycles. The maximum Gasteiger partial charge on any atom is 0.234 e. The minimum atomic E-state index is -0.194. The van der Waals surface area contributed by atoms with Crippen molar-refractivity contribution in [3.05, 3.63) is 79.1 Å². The third-order valence-electron chi connectivity index (χ3n) is 5.23. The molecule has 8 nitrogen and oxygen atoms in total. The summed E-state index contributed by atoms with van der Waals surface area (Å²) in [5, 5.41) is 14.2. The molecule has 9 heteroatoms. The Hall–Kier alpha value is -3.98. The quantitative estimate of drug-likeness (QED) is 0.235. The third kappa shape index (κ3) is 5.75. The molecule has 35 heavy (non-hydrogen) atoms. The molecule has 1 amide bonds. The summed E-state index contributed by atoms with van der Waals surface area (Å²) in [6, 6.07) is 19.2. The fourth-order valence-electron chi connectivity index (χ4n) is 3.53. The van der Waals surface area contributed by atoms with Crippen molar-refractivity contribution in [2.24, 2.45) is 0 Å². The normalized spacial score (nSPS) is 10.7. The summed E-state index contributed by atoms with van der Waals surface area (Å²) in [4.78, 5) is 12.6. The summed E-state index contributed by atoms with van der Waals surface area (Å²) in [6.07, 6.45) is 1.76. The molecule has 4 aromatic rings. The Labute approximate surface area is 207 Å². The molecule has 0 atom stereocenters. The average Bonchev–Trinajstić information content (AvgIpc) is 3.27. The Kier molecular flexibility index (Phi) is 7.89. The Morgan fingerprint density at radius 2 is 1.89 bits per heavy atom. The number of allylic oxidation sites excluding steroid dienone is 1. The highest BCUT2D eigenvalue weighted by Gasteiger charge is 2.16. The molecule has 180 valence electrons. The number of rotatable bonds is 11. The second-order valence-corrected chi connectivity index (χ2v) is 8.41. The zero-order valence-electron chi connectivity index (χ0n) is 19.6. The van der Waals surface area contributed by atoms with Crippen LogP contribution in [0.15, 0.2) is 78.5 Å². The van der Waals surface area contributed by atoms with Gasteiger partial charge in [-0.1, -0.05) is 54.2 Å². The van der Waals surface area contributed by atoms with Gasteiger partial charge >= 0.3 is 0 Å². The predicted molar refractivity (Wildman–Crippen MR) is 137 cm³/mol. The molecule has 0 aliphatic heterocycles. The second kappa shape index (κ2) is 11.4. The lowest BCUT2D eigenvalue weighted by Crippen LogP contribution is -2.15. The van der Waals surface area contributed by atoms with Crippen LogP contribution in [-0.4, -0.2) is 40.6 Å². The van der Waals surface area contributed by atoms with E-state index in [0.717, 1.165) is 16.5 Å². The molecule has 1 aromatic heterocycles. The Morgan fingerprint density at radius 1 is 1.06 bits per heavy atom. The highest BCUT2D eigenvalue weighted by atomic mass is 32.2. The summed E-state index contributed by atoms with van der Waals surface area (Å²) in [5.74, 6) is 2.54. The van der Waals surface area contributed by atoms with Gasteiger partial charge < -0.3 is 19.5 Å². The van der Waals surface area contributed by atoms with E-state index in [2.05, 4.69) is 22.1 Å². The first kappa shape index (κ1) is 24.2. The molecule has 4 rings (SSSR count). The Bertz CT molecular complexity index is 1330. The number of carbonyl (C=O) groups excluding carboxylic acids is 1. The number of fused-ring (bicyclic) bond motifs is 1. The minimum absolute atomic E-state index is 0.147. The molecule has 0 saturated heterocycles. The van der Waals surface area contributed by atoms with Gasteiger partial charge in [0.05, 0.1) is 25.7 Å². The summed E-state index contributed by atoms with van der Waals surface area (Å²) in [6.45, 7) is 4.57. The van der Waals surface area contributed by atoms with Crippen molar-refractivity contribution in [3.8, 4) is 17.2 Å². The number of aromatic nitrogens is 3. The highest BCUT2D eigenvalue weighted by Crippen LogP contribution is 2.30. The van der Waals surface area contributed by atoms with Crippen molar-refractivity contribution in [1.82, 2.24) is 14.8 Å². The van der Waals surface area contributed by atoms with Gasteiger partial charge in [0.1, 0.15) is 23.9 Å². The average molecular weight is 491 g/mol. The molecular formula is C26H26N4O4S. The van der Waals surface area contributed by atoms with Crippen LogP contribution in [0.1, 0.15) is 5.82 Å². The maximum absolute atomic E-state index is 12.6. The van der Waals surface area contributed by atoms with E-state index in [-0.39, 0.29) is 18.3 Å². The van der Waals surface area contributed by atoms with Crippen LogP contribution >= 0.6 is 11.8 Å². The standard InChI is InChI=1S/C26H26N4O4S/c1-4-14-30-24(16-34-22-11-7-9-18-8-5-6-10-20(18)22)28-29-26(30)35-17-25(31)27-21-13-12-19(32-2)15-23(21)33-3/h4-13,15H,1,14,16-17H2,2-3H3,(H,27,31). The van der Waals surface area contributed by atoms with Crippen molar-refractivity contribution < 1.29 is 19.0 Å². The van der Waals surface area contributed by atoms with E-state index in [0.29, 0.717) is 34.7 Å². The van der Waals surface area contributed by atoms with Crippen molar-refractivity contribution in [2.75, 3.05) is 25.3 Å². The number of hydrogen-bond donors (Lipinski definition) is 1. The first-order chi connectivity index (χ1) is 17.1. The lowest BCUT2D eigenvalue weighted by atomic mass is 10.1. The van der Waals surface area contributed by atoms with Crippen LogP contribution in [0.5, 0.6) is 17.2 Å². The molecule has 0 bridgehead atoms. The molecule has 0 aliphatic carbocycles. The van der Waals surface area contributed by atoms with Crippen LogP contribution in [0.4, 0.5) is 5.69 Å². The van der Waals surface area contributed by atoms with E-state index in [1.807, 2.05) is 47.0 Å². The van der Waals surface area contributed by atoms with Crippen LogP contribution in [0, 0.1) is 0 Å². The van der Waals surface area contributed by atoms with Crippen molar-refractivity contribution >= 4 is 34.1 Å². The lowest BCUT2D eigenvalue weighted by Gasteiger charge is -2.12.